The van der Waals surface area contributed by atoms with Crippen molar-refractivity contribution in [3.63, 3.8) is 0 Å². The number of carbonyl (C=O) groups excluding carboxylic acids is 1. The Morgan fingerprint density at radius 2 is 1.88 bits per heavy atom. The number of halogens is 1. The molecule has 126 valence electrons. The Bertz CT molecular complexity index is 757. The molecule has 0 saturated heterocycles. The number of amides is 1. The second-order valence-electron chi connectivity index (χ2n) is 6.35. The average molecular weight is 344 g/mol. The van der Waals surface area contributed by atoms with Gasteiger partial charge in [0, 0.05) is 10.7 Å². The maximum atomic E-state index is 12.3. The zero-order valence-corrected chi connectivity index (χ0v) is 14.8. The summed E-state index contributed by atoms with van der Waals surface area (Å²) < 4.78 is 5.82. The zero-order chi connectivity index (χ0) is 17.1. The molecule has 2 aromatic carbocycles. The van der Waals surface area contributed by atoms with Crippen LogP contribution in [0.25, 0.3) is 0 Å². The van der Waals surface area contributed by atoms with E-state index in [-0.39, 0.29) is 5.91 Å². The summed E-state index contributed by atoms with van der Waals surface area (Å²) in [5.74, 6) is 0.563. The average Bonchev–Trinajstić information content (AvgIpc) is 2.58. The molecule has 0 aromatic heterocycles. The van der Waals surface area contributed by atoms with Gasteiger partial charge in [0.25, 0.3) is 5.91 Å². The molecule has 2 aromatic rings. The summed E-state index contributed by atoms with van der Waals surface area (Å²) in [6.45, 7) is 3.68. The highest BCUT2D eigenvalue weighted by molar-refractivity contribution is 6.31. The Labute approximate surface area is 148 Å². The smallest absolute Gasteiger partial charge is 0.265 e. The molecule has 3 rings (SSSR count). The molecular formula is C20H22ClNO2. The van der Waals surface area contributed by atoms with Crippen molar-refractivity contribution in [2.45, 2.75) is 45.6 Å². The van der Waals surface area contributed by atoms with Crippen molar-refractivity contribution in [1.29, 1.82) is 0 Å². The lowest BCUT2D eigenvalue weighted by atomic mass is 9.92. The molecule has 0 radical (unpaired) electrons. The summed E-state index contributed by atoms with van der Waals surface area (Å²) in [7, 11) is 0. The predicted molar refractivity (Wildman–Crippen MR) is 98.0 cm³/mol. The van der Waals surface area contributed by atoms with Gasteiger partial charge in [-0.1, -0.05) is 23.7 Å². The molecule has 1 aliphatic carbocycles. The van der Waals surface area contributed by atoms with E-state index < -0.39 is 6.10 Å². The summed E-state index contributed by atoms with van der Waals surface area (Å²) in [4.78, 5) is 12.3. The number of anilines is 1. The molecular weight excluding hydrogens is 322 g/mol. The fourth-order valence-electron chi connectivity index (χ4n) is 2.96. The highest BCUT2D eigenvalue weighted by atomic mass is 35.5. The predicted octanol–water partition coefficient (Wildman–Crippen LogP) is 4.93. The van der Waals surface area contributed by atoms with Crippen LogP contribution in [0.2, 0.25) is 5.02 Å². The Balaban J connectivity index is 1.64. The minimum Gasteiger partial charge on any atom is -0.481 e. The van der Waals surface area contributed by atoms with Crippen molar-refractivity contribution in [3.05, 3.63) is 58.1 Å². The molecule has 0 aliphatic heterocycles. The van der Waals surface area contributed by atoms with Gasteiger partial charge in [0.1, 0.15) is 5.75 Å². The van der Waals surface area contributed by atoms with Crippen LogP contribution in [0, 0.1) is 6.92 Å². The first-order valence-electron chi connectivity index (χ1n) is 8.38. The first-order valence-corrected chi connectivity index (χ1v) is 8.76. The summed E-state index contributed by atoms with van der Waals surface area (Å²) in [5, 5.41) is 3.48. The van der Waals surface area contributed by atoms with Crippen molar-refractivity contribution in [2.24, 2.45) is 0 Å². The molecule has 0 heterocycles. The van der Waals surface area contributed by atoms with Crippen LogP contribution in [0.1, 0.15) is 36.5 Å². The highest BCUT2D eigenvalue weighted by Crippen LogP contribution is 2.26. The number of ether oxygens (including phenoxy) is 1. The molecule has 0 fully saturated rings. The first kappa shape index (κ1) is 16.8. The van der Waals surface area contributed by atoms with Gasteiger partial charge in [-0.25, -0.2) is 0 Å². The van der Waals surface area contributed by atoms with Crippen LogP contribution in [-0.4, -0.2) is 12.0 Å². The van der Waals surface area contributed by atoms with Gasteiger partial charge in [-0.3, -0.25) is 4.79 Å². The van der Waals surface area contributed by atoms with Crippen molar-refractivity contribution in [3.8, 4) is 5.75 Å². The van der Waals surface area contributed by atoms with Crippen LogP contribution in [-0.2, 0) is 17.6 Å². The van der Waals surface area contributed by atoms with Gasteiger partial charge in [-0.2, -0.15) is 0 Å². The maximum absolute atomic E-state index is 12.3. The Morgan fingerprint density at radius 1 is 1.12 bits per heavy atom. The molecule has 1 atom stereocenters. The van der Waals surface area contributed by atoms with E-state index in [1.54, 1.807) is 13.0 Å². The highest BCUT2D eigenvalue weighted by Gasteiger charge is 2.17. The van der Waals surface area contributed by atoms with Gasteiger partial charge < -0.3 is 10.1 Å². The van der Waals surface area contributed by atoms with Gasteiger partial charge in [0.2, 0.25) is 0 Å². The van der Waals surface area contributed by atoms with E-state index >= 15 is 0 Å². The number of benzene rings is 2. The molecule has 1 amide bonds. The third-order valence-corrected chi connectivity index (χ3v) is 4.85. The molecule has 24 heavy (non-hydrogen) atoms. The van der Waals surface area contributed by atoms with E-state index in [1.807, 2.05) is 25.1 Å². The van der Waals surface area contributed by atoms with Gasteiger partial charge in [0.05, 0.1) is 0 Å². The summed E-state index contributed by atoms with van der Waals surface area (Å²) >= 11 is 6.09. The molecule has 0 unspecified atom stereocenters. The monoisotopic (exact) mass is 343 g/mol. The molecule has 0 saturated carbocycles. The molecule has 1 N–H and O–H groups in total. The minimum atomic E-state index is -0.577. The van der Waals surface area contributed by atoms with Gasteiger partial charge >= 0.3 is 0 Å². The number of hydrogen-bond donors (Lipinski definition) is 1. The van der Waals surface area contributed by atoms with Gasteiger partial charge in [-0.05, 0) is 80.5 Å². The third kappa shape index (κ3) is 3.90. The topological polar surface area (TPSA) is 38.3 Å². The standard InChI is InChI=1S/C20H22ClNO2/c1-13-7-9-17(12-19(13)21)22-20(23)14(2)24-18-10-8-15-5-3-4-6-16(15)11-18/h7-12,14H,3-6H2,1-2H3,(H,22,23)/t14-/m1/s1. The van der Waals surface area contributed by atoms with E-state index in [1.165, 1.54) is 24.0 Å². The van der Waals surface area contributed by atoms with Crippen LogP contribution >= 0.6 is 11.6 Å². The van der Waals surface area contributed by atoms with Gasteiger partial charge in [0.15, 0.2) is 6.10 Å². The van der Waals surface area contributed by atoms with E-state index in [0.717, 1.165) is 24.2 Å². The second kappa shape index (κ2) is 7.27. The molecule has 3 nitrogen and oxygen atoms in total. The Morgan fingerprint density at radius 3 is 2.62 bits per heavy atom. The number of hydrogen-bond acceptors (Lipinski definition) is 2. The Hall–Kier alpha value is -2.00. The van der Waals surface area contributed by atoms with Crippen molar-refractivity contribution < 1.29 is 9.53 Å². The summed E-state index contributed by atoms with van der Waals surface area (Å²) in [6.07, 6.45) is 4.13. The molecule has 0 spiro atoms. The van der Waals surface area contributed by atoms with Crippen LogP contribution in [0.15, 0.2) is 36.4 Å². The molecule has 4 heteroatoms. The third-order valence-electron chi connectivity index (χ3n) is 4.44. The number of aryl methyl sites for hydroxylation is 3. The number of fused-ring (bicyclic) bond motifs is 1. The summed E-state index contributed by atoms with van der Waals surface area (Å²) in [5.41, 5.74) is 4.40. The lowest BCUT2D eigenvalue weighted by Gasteiger charge is -2.19. The number of nitrogens with one attached hydrogen (secondary N) is 1. The fourth-order valence-corrected chi connectivity index (χ4v) is 3.14. The Kier molecular flexibility index (Phi) is 5.10. The van der Waals surface area contributed by atoms with E-state index in [0.29, 0.717) is 10.7 Å². The van der Waals surface area contributed by atoms with E-state index in [2.05, 4.69) is 17.4 Å². The van der Waals surface area contributed by atoms with Crippen LogP contribution in [0.3, 0.4) is 0 Å². The van der Waals surface area contributed by atoms with Crippen molar-refractivity contribution in [1.82, 2.24) is 0 Å². The number of carbonyl (C=O) groups is 1. The van der Waals surface area contributed by atoms with Crippen molar-refractivity contribution >= 4 is 23.2 Å². The zero-order valence-electron chi connectivity index (χ0n) is 14.1. The second-order valence-corrected chi connectivity index (χ2v) is 6.76. The first-order chi connectivity index (χ1) is 11.5. The van der Waals surface area contributed by atoms with Gasteiger partial charge in [-0.15, -0.1) is 0 Å². The van der Waals surface area contributed by atoms with Crippen molar-refractivity contribution in [2.75, 3.05) is 5.32 Å². The fraction of sp³-hybridized carbons (Fsp3) is 0.350. The van der Waals surface area contributed by atoms with Crippen LogP contribution in [0.4, 0.5) is 5.69 Å². The quantitative estimate of drug-likeness (QED) is 0.854. The molecule has 1 aliphatic rings. The molecule has 0 bridgehead atoms. The lowest BCUT2D eigenvalue weighted by molar-refractivity contribution is -0.122. The summed E-state index contributed by atoms with van der Waals surface area (Å²) in [6, 6.07) is 11.6. The largest absolute Gasteiger partial charge is 0.481 e. The van der Waals surface area contributed by atoms with Crippen LogP contribution in [0.5, 0.6) is 5.75 Å². The number of rotatable bonds is 4. The van der Waals surface area contributed by atoms with E-state index in [4.69, 9.17) is 16.3 Å². The maximum Gasteiger partial charge on any atom is 0.265 e. The lowest BCUT2D eigenvalue weighted by Crippen LogP contribution is -2.30. The van der Waals surface area contributed by atoms with E-state index in [9.17, 15) is 4.79 Å². The normalized spacial score (nSPS) is 14.6. The SMILES string of the molecule is Cc1ccc(NC(=O)[C@@H](C)Oc2ccc3c(c2)CCCC3)cc1Cl. The van der Waals surface area contributed by atoms with Crippen LogP contribution < -0.4 is 10.1 Å². The minimum absolute atomic E-state index is 0.187.